The van der Waals surface area contributed by atoms with Gasteiger partial charge in [-0.3, -0.25) is 0 Å². The maximum absolute atomic E-state index is 9.76. The van der Waals surface area contributed by atoms with Gasteiger partial charge in [0.2, 0.25) is 5.88 Å². The van der Waals surface area contributed by atoms with Crippen molar-refractivity contribution in [1.82, 2.24) is 15.0 Å². The quantitative estimate of drug-likeness (QED) is 0.591. The number of nitrogens with one attached hydrogen (secondary N) is 1. The summed E-state index contributed by atoms with van der Waals surface area (Å²) in [4.78, 5) is 12.4. The molecule has 1 N–H and O–H groups in total. The average molecular weight is 340 g/mol. The van der Waals surface area contributed by atoms with Gasteiger partial charge in [-0.05, 0) is 36.8 Å². The summed E-state index contributed by atoms with van der Waals surface area (Å²) in [6.07, 6.45) is 1.86. The van der Waals surface area contributed by atoms with Crippen LogP contribution in [-0.2, 0) is 0 Å². The van der Waals surface area contributed by atoms with Gasteiger partial charge >= 0.3 is 0 Å². The van der Waals surface area contributed by atoms with Crippen molar-refractivity contribution < 1.29 is 4.74 Å². The van der Waals surface area contributed by atoms with Crippen LogP contribution in [0, 0.1) is 11.3 Å². The predicted molar refractivity (Wildman–Crippen MR) is 101 cm³/mol. The van der Waals surface area contributed by atoms with E-state index in [1.165, 1.54) is 0 Å². The van der Waals surface area contributed by atoms with Crippen LogP contribution in [0.2, 0.25) is 0 Å². The SMILES string of the molecule is CCOc1nc2nc(-c3ccc[nH]3)ccc2c(-c2ccccc2)c1C#N. The van der Waals surface area contributed by atoms with Gasteiger partial charge in [0, 0.05) is 17.1 Å². The van der Waals surface area contributed by atoms with Crippen LogP contribution in [0.4, 0.5) is 0 Å². The minimum atomic E-state index is 0.317. The van der Waals surface area contributed by atoms with Crippen molar-refractivity contribution in [1.29, 1.82) is 5.26 Å². The summed E-state index contributed by atoms with van der Waals surface area (Å²) in [7, 11) is 0. The fourth-order valence-corrected chi connectivity index (χ4v) is 3.01. The number of aromatic amines is 1. The number of hydrogen-bond donors (Lipinski definition) is 1. The minimum absolute atomic E-state index is 0.317. The monoisotopic (exact) mass is 340 g/mol. The molecule has 0 aliphatic carbocycles. The van der Waals surface area contributed by atoms with Crippen LogP contribution in [0.25, 0.3) is 33.5 Å². The third-order valence-corrected chi connectivity index (χ3v) is 4.15. The van der Waals surface area contributed by atoms with Crippen LogP contribution >= 0.6 is 0 Å². The van der Waals surface area contributed by atoms with E-state index in [0.717, 1.165) is 27.9 Å². The Bertz CT molecular complexity index is 1100. The molecule has 0 aliphatic heterocycles. The molecule has 0 fully saturated rings. The molecule has 0 aliphatic rings. The summed E-state index contributed by atoms with van der Waals surface area (Å²) in [5.74, 6) is 0.317. The predicted octanol–water partition coefficient (Wildman–Crippen LogP) is 4.56. The summed E-state index contributed by atoms with van der Waals surface area (Å²) >= 11 is 0. The number of nitriles is 1. The maximum Gasteiger partial charge on any atom is 0.234 e. The fourth-order valence-electron chi connectivity index (χ4n) is 3.01. The number of rotatable bonds is 4. The molecule has 0 saturated carbocycles. The molecule has 3 heterocycles. The summed E-state index contributed by atoms with van der Waals surface area (Å²) in [6, 6.07) is 19.8. The largest absolute Gasteiger partial charge is 0.477 e. The molecule has 26 heavy (non-hydrogen) atoms. The molecule has 0 saturated heterocycles. The molecular weight excluding hydrogens is 324 g/mol. The van der Waals surface area contributed by atoms with E-state index in [4.69, 9.17) is 9.72 Å². The molecule has 0 unspecified atom stereocenters. The normalized spacial score (nSPS) is 10.6. The van der Waals surface area contributed by atoms with E-state index in [9.17, 15) is 5.26 Å². The molecule has 0 spiro atoms. The van der Waals surface area contributed by atoms with E-state index in [-0.39, 0.29) is 0 Å². The van der Waals surface area contributed by atoms with Crippen molar-refractivity contribution in [3.8, 4) is 34.5 Å². The highest BCUT2D eigenvalue weighted by Crippen LogP contribution is 2.36. The fraction of sp³-hybridized carbons (Fsp3) is 0.0952. The smallest absolute Gasteiger partial charge is 0.234 e. The van der Waals surface area contributed by atoms with Crippen molar-refractivity contribution in [2.45, 2.75) is 6.92 Å². The van der Waals surface area contributed by atoms with Crippen LogP contribution in [0.5, 0.6) is 5.88 Å². The van der Waals surface area contributed by atoms with Gasteiger partial charge in [-0.2, -0.15) is 10.2 Å². The van der Waals surface area contributed by atoms with E-state index >= 15 is 0 Å². The number of H-pyrrole nitrogens is 1. The van der Waals surface area contributed by atoms with Gasteiger partial charge in [-0.15, -0.1) is 0 Å². The van der Waals surface area contributed by atoms with Crippen LogP contribution in [0.1, 0.15) is 12.5 Å². The zero-order chi connectivity index (χ0) is 17.9. The summed E-state index contributed by atoms with van der Waals surface area (Å²) in [5.41, 5.74) is 4.43. The Morgan fingerprint density at radius 2 is 1.88 bits per heavy atom. The van der Waals surface area contributed by atoms with Crippen LogP contribution in [0.15, 0.2) is 60.8 Å². The maximum atomic E-state index is 9.76. The van der Waals surface area contributed by atoms with Gasteiger partial charge in [-0.1, -0.05) is 30.3 Å². The molecule has 5 heteroatoms. The zero-order valence-electron chi connectivity index (χ0n) is 14.2. The van der Waals surface area contributed by atoms with E-state index in [2.05, 4.69) is 16.0 Å². The molecule has 3 aromatic heterocycles. The van der Waals surface area contributed by atoms with Gasteiger partial charge in [0.05, 0.1) is 18.0 Å². The van der Waals surface area contributed by atoms with Crippen molar-refractivity contribution in [2.24, 2.45) is 0 Å². The van der Waals surface area contributed by atoms with Crippen molar-refractivity contribution in [2.75, 3.05) is 6.61 Å². The van der Waals surface area contributed by atoms with Gasteiger partial charge in [0.25, 0.3) is 0 Å². The molecule has 0 radical (unpaired) electrons. The van der Waals surface area contributed by atoms with E-state index in [0.29, 0.717) is 23.7 Å². The third-order valence-electron chi connectivity index (χ3n) is 4.15. The van der Waals surface area contributed by atoms with E-state index < -0.39 is 0 Å². The number of pyridine rings is 2. The molecule has 0 atom stereocenters. The number of ether oxygens (including phenoxy) is 1. The highest BCUT2D eigenvalue weighted by molar-refractivity contribution is 5.97. The first-order valence-corrected chi connectivity index (χ1v) is 8.38. The van der Waals surface area contributed by atoms with E-state index in [1.807, 2.05) is 67.7 Å². The first kappa shape index (κ1) is 15.9. The molecule has 126 valence electrons. The molecule has 4 rings (SSSR count). The second-order valence-corrected chi connectivity index (χ2v) is 5.73. The van der Waals surface area contributed by atoms with E-state index in [1.54, 1.807) is 0 Å². The second kappa shape index (κ2) is 6.69. The lowest BCUT2D eigenvalue weighted by Crippen LogP contribution is -2.02. The lowest BCUT2D eigenvalue weighted by Gasteiger charge is -2.13. The Morgan fingerprint density at radius 3 is 2.58 bits per heavy atom. The Morgan fingerprint density at radius 1 is 1.04 bits per heavy atom. The summed E-state index contributed by atoms with van der Waals surface area (Å²) in [5, 5.41) is 10.6. The summed E-state index contributed by atoms with van der Waals surface area (Å²) in [6.45, 7) is 2.30. The Hall–Kier alpha value is -3.65. The Labute approximate surface area is 150 Å². The number of fused-ring (bicyclic) bond motifs is 1. The molecule has 4 aromatic rings. The lowest BCUT2D eigenvalue weighted by molar-refractivity contribution is 0.327. The number of hydrogen-bond acceptors (Lipinski definition) is 4. The zero-order valence-corrected chi connectivity index (χ0v) is 14.2. The van der Waals surface area contributed by atoms with Crippen LogP contribution < -0.4 is 4.74 Å². The standard InChI is InChI=1S/C21H16N4O/c1-2-26-21-16(13-22)19(14-7-4-3-5-8-14)15-10-11-18(24-20(15)25-21)17-9-6-12-23-17/h3-12,23H,2H2,1H3. The highest BCUT2D eigenvalue weighted by Gasteiger charge is 2.19. The van der Waals surface area contributed by atoms with Gasteiger partial charge in [-0.25, -0.2) is 4.98 Å². The average Bonchev–Trinajstić information content (AvgIpc) is 3.22. The molecule has 5 nitrogen and oxygen atoms in total. The van der Waals surface area contributed by atoms with Crippen LogP contribution in [-0.4, -0.2) is 21.6 Å². The Balaban J connectivity index is 2.04. The summed E-state index contributed by atoms with van der Waals surface area (Å²) < 4.78 is 5.65. The van der Waals surface area contributed by atoms with Crippen LogP contribution in [0.3, 0.4) is 0 Å². The molecule has 0 amide bonds. The van der Waals surface area contributed by atoms with Crippen molar-refractivity contribution in [3.05, 3.63) is 66.4 Å². The molecule has 0 bridgehead atoms. The Kier molecular flexibility index (Phi) is 4.08. The molecule has 1 aromatic carbocycles. The number of benzene rings is 1. The first-order valence-electron chi connectivity index (χ1n) is 8.38. The minimum Gasteiger partial charge on any atom is -0.477 e. The van der Waals surface area contributed by atoms with Crippen molar-refractivity contribution >= 4 is 11.0 Å². The number of nitrogens with zero attached hydrogens (tertiary/aromatic N) is 3. The third kappa shape index (κ3) is 2.68. The van der Waals surface area contributed by atoms with Gasteiger partial charge in [0.1, 0.15) is 11.6 Å². The molecular formula is C21H16N4O. The van der Waals surface area contributed by atoms with Crippen molar-refractivity contribution in [3.63, 3.8) is 0 Å². The topological polar surface area (TPSA) is 74.6 Å². The second-order valence-electron chi connectivity index (χ2n) is 5.73. The highest BCUT2D eigenvalue weighted by atomic mass is 16.5. The first-order chi connectivity index (χ1) is 12.8. The lowest BCUT2D eigenvalue weighted by atomic mass is 9.97. The number of aromatic nitrogens is 3. The van der Waals surface area contributed by atoms with Gasteiger partial charge in [0.15, 0.2) is 5.65 Å². The van der Waals surface area contributed by atoms with Gasteiger partial charge < -0.3 is 9.72 Å².